The van der Waals surface area contributed by atoms with Crippen LogP contribution in [0.3, 0.4) is 0 Å². The van der Waals surface area contributed by atoms with Crippen molar-refractivity contribution >= 4 is 5.69 Å². The molecule has 3 nitrogen and oxygen atoms in total. The maximum Gasteiger partial charge on any atom is 0.115 e. The third-order valence-electron chi connectivity index (χ3n) is 4.60. The standard InChI is InChI=1S/C24H19NO2/c25-19-4-1-3-18(15-19)23-6-2-5-22(16-7-11-20(26)12-8-16)24(23)17-9-13-21(27)14-10-17/h1-15,26-27H,25H2. The molecule has 0 amide bonds. The average molecular weight is 353 g/mol. The molecule has 0 aliphatic heterocycles. The zero-order valence-electron chi connectivity index (χ0n) is 14.6. The second kappa shape index (κ2) is 6.89. The van der Waals surface area contributed by atoms with Crippen LogP contribution in [0.5, 0.6) is 11.5 Å². The molecule has 0 fully saturated rings. The van der Waals surface area contributed by atoms with Gasteiger partial charge in [-0.15, -0.1) is 0 Å². The predicted molar refractivity (Wildman–Crippen MR) is 110 cm³/mol. The lowest BCUT2D eigenvalue weighted by molar-refractivity contribution is 0.475. The van der Waals surface area contributed by atoms with E-state index < -0.39 is 0 Å². The Labute approximate surface area is 158 Å². The van der Waals surface area contributed by atoms with Gasteiger partial charge in [-0.25, -0.2) is 0 Å². The van der Waals surface area contributed by atoms with E-state index in [0.717, 1.165) is 33.4 Å². The molecule has 0 bridgehead atoms. The molecule has 0 spiro atoms. The molecule has 4 rings (SSSR count). The van der Waals surface area contributed by atoms with Crippen molar-refractivity contribution in [3.05, 3.63) is 91.0 Å². The van der Waals surface area contributed by atoms with Crippen LogP contribution >= 0.6 is 0 Å². The molecule has 0 saturated heterocycles. The third kappa shape index (κ3) is 3.35. The fraction of sp³-hybridized carbons (Fsp3) is 0. The molecule has 0 unspecified atom stereocenters. The van der Waals surface area contributed by atoms with Crippen molar-refractivity contribution in [3.63, 3.8) is 0 Å². The molecule has 0 radical (unpaired) electrons. The van der Waals surface area contributed by atoms with E-state index in [9.17, 15) is 10.2 Å². The number of aromatic hydroxyl groups is 2. The molecular formula is C24H19NO2. The zero-order valence-corrected chi connectivity index (χ0v) is 14.6. The third-order valence-corrected chi connectivity index (χ3v) is 4.60. The van der Waals surface area contributed by atoms with Gasteiger partial charge in [0.25, 0.3) is 0 Å². The van der Waals surface area contributed by atoms with E-state index >= 15 is 0 Å². The van der Waals surface area contributed by atoms with E-state index in [-0.39, 0.29) is 11.5 Å². The first-order valence-electron chi connectivity index (χ1n) is 8.69. The van der Waals surface area contributed by atoms with E-state index in [1.165, 1.54) is 0 Å². The van der Waals surface area contributed by atoms with Crippen LogP contribution in [0.25, 0.3) is 33.4 Å². The van der Waals surface area contributed by atoms with Gasteiger partial charge in [0.2, 0.25) is 0 Å². The van der Waals surface area contributed by atoms with Gasteiger partial charge in [0.1, 0.15) is 11.5 Å². The van der Waals surface area contributed by atoms with Crippen LogP contribution in [0.15, 0.2) is 91.0 Å². The number of phenols is 2. The topological polar surface area (TPSA) is 66.5 Å². The summed E-state index contributed by atoms with van der Waals surface area (Å²) in [5.74, 6) is 0.461. The Kier molecular flexibility index (Phi) is 4.27. The number of rotatable bonds is 3. The van der Waals surface area contributed by atoms with E-state index in [0.29, 0.717) is 5.69 Å². The van der Waals surface area contributed by atoms with Crippen LogP contribution in [0.4, 0.5) is 5.69 Å². The van der Waals surface area contributed by atoms with Crippen molar-refractivity contribution in [2.45, 2.75) is 0 Å². The normalized spacial score (nSPS) is 10.7. The first-order valence-corrected chi connectivity index (χ1v) is 8.69. The highest BCUT2D eigenvalue weighted by Gasteiger charge is 2.14. The molecule has 3 heteroatoms. The van der Waals surface area contributed by atoms with Crippen molar-refractivity contribution < 1.29 is 10.2 Å². The fourth-order valence-electron chi connectivity index (χ4n) is 3.32. The minimum atomic E-state index is 0.228. The van der Waals surface area contributed by atoms with Gasteiger partial charge in [-0.2, -0.15) is 0 Å². The average Bonchev–Trinajstić information content (AvgIpc) is 2.69. The molecular weight excluding hydrogens is 334 g/mol. The van der Waals surface area contributed by atoms with Gasteiger partial charge in [0.05, 0.1) is 0 Å². The van der Waals surface area contributed by atoms with E-state index in [1.54, 1.807) is 24.3 Å². The molecule has 0 saturated carbocycles. The lowest BCUT2D eigenvalue weighted by atomic mass is 9.87. The molecule has 4 aromatic carbocycles. The predicted octanol–water partition coefficient (Wildman–Crippen LogP) is 5.68. The number of benzene rings is 4. The second-order valence-electron chi connectivity index (χ2n) is 6.45. The molecule has 4 aromatic rings. The summed E-state index contributed by atoms with van der Waals surface area (Å²) in [6, 6.07) is 28.3. The lowest BCUT2D eigenvalue weighted by Gasteiger charge is -2.16. The summed E-state index contributed by atoms with van der Waals surface area (Å²) in [7, 11) is 0. The number of anilines is 1. The molecule has 4 N–H and O–H groups in total. The van der Waals surface area contributed by atoms with Crippen LogP contribution in [-0.2, 0) is 0 Å². The second-order valence-corrected chi connectivity index (χ2v) is 6.45. The summed E-state index contributed by atoms with van der Waals surface area (Å²) in [5, 5.41) is 19.3. The lowest BCUT2D eigenvalue weighted by Crippen LogP contribution is -1.91. The van der Waals surface area contributed by atoms with Crippen molar-refractivity contribution in [1.29, 1.82) is 0 Å². The van der Waals surface area contributed by atoms with Crippen LogP contribution in [0.1, 0.15) is 0 Å². The van der Waals surface area contributed by atoms with Gasteiger partial charge < -0.3 is 15.9 Å². The van der Waals surface area contributed by atoms with E-state index in [1.807, 2.05) is 54.6 Å². The van der Waals surface area contributed by atoms with Gasteiger partial charge in [-0.3, -0.25) is 0 Å². The number of hydrogen-bond acceptors (Lipinski definition) is 3. The van der Waals surface area contributed by atoms with Crippen molar-refractivity contribution in [3.8, 4) is 44.9 Å². The molecule has 0 aromatic heterocycles. The summed E-state index contributed by atoms with van der Waals surface area (Å²) >= 11 is 0. The van der Waals surface area contributed by atoms with Crippen LogP contribution in [0.2, 0.25) is 0 Å². The first-order chi connectivity index (χ1) is 13.1. The van der Waals surface area contributed by atoms with E-state index in [4.69, 9.17) is 5.73 Å². The summed E-state index contributed by atoms with van der Waals surface area (Å²) in [6.45, 7) is 0. The highest BCUT2D eigenvalue weighted by atomic mass is 16.3. The summed E-state index contributed by atoms with van der Waals surface area (Å²) < 4.78 is 0. The highest BCUT2D eigenvalue weighted by molar-refractivity contribution is 5.95. The summed E-state index contributed by atoms with van der Waals surface area (Å²) in [6.07, 6.45) is 0. The SMILES string of the molecule is Nc1cccc(-c2cccc(-c3ccc(O)cc3)c2-c2ccc(O)cc2)c1. The van der Waals surface area contributed by atoms with Crippen LogP contribution in [-0.4, -0.2) is 10.2 Å². The fourth-order valence-corrected chi connectivity index (χ4v) is 3.32. The Bertz CT molecular complexity index is 1080. The Morgan fingerprint density at radius 2 is 1.04 bits per heavy atom. The molecule has 0 aliphatic carbocycles. The van der Waals surface area contributed by atoms with Crippen LogP contribution in [0, 0.1) is 0 Å². The quantitative estimate of drug-likeness (QED) is 0.415. The van der Waals surface area contributed by atoms with Gasteiger partial charge >= 0.3 is 0 Å². The molecule has 27 heavy (non-hydrogen) atoms. The molecule has 132 valence electrons. The van der Waals surface area contributed by atoms with Crippen molar-refractivity contribution in [2.24, 2.45) is 0 Å². The minimum Gasteiger partial charge on any atom is -0.508 e. The van der Waals surface area contributed by atoms with Gasteiger partial charge in [-0.05, 0) is 69.8 Å². The smallest absolute Gasteiger partial charge is 0.115 e. The van der Waals surface area contributed by atoms with Crippen molar-refractivity contribution in [1.82, 2.24) is 0 Å². The number of nitrogen functional groups attached to an aromatic ring is 1. The Morgan fingerprint density at radius 1 is 0.519 bits per heavy atom. The molecule has 0 heterocycles. The van der Waals surface area contributed by atoms with Gasteiger partial charge in [0.15, 0.2) is 0 Å². The monoisotopic (exact) mass is 353 g/mol. The Hall–Kier alpha value is -3.72. The Balaban J connectivity index is 2.00. The maximum atomic E-state index is 9.70. The van der Waals surface area contributed by atoms with Gasteiger partial charge in [-0.1, -0.05) is 54.6 Å². The largest absolute Gasteiger partial charge is 0.508 e. The minimum absolute atomic E-state index is 0.228. The van der Waals surface area contributed by atoms with Crippen molar-refractivity contribution in [2.75, 3.05) is 5.73 Å². The molecule has 0 aliphatic rings. The summed E-state index contributed by atoms with van der Waals surface area (Å²) in [4.78, 5) is 0. The zero-order chi connectivity index (χ0) is 18.8. The molecule has 0 atom stereocenters. The number of phenolic OH excluding ortho intramolecular Hbond substituents is 2. The highest BCUT2D eigenvalue weighted by Crippen LogP contribution is 2.41. The number of nitrogens with two attached hydrogens (primary N) is 1. The van der Waals surface area contributed by atoms with Gasteiger partial charge in [0, 0.05) is 5.69 Å². The maximum absolute atomic E-state index is 9.70. The van der Waals surface area contributed by atoms with E-state index in [2.05, 4.69) is 12.1 Å². The summed E-state index contributed by atoms with van der Waals surface area (Å²) in [5.41, 5.74) is 12.9. The van der Waals surface area contributed by atoms with Crippen LogP contribution < -0.4 is 5.73 Å². The first kappa shape index (κ1) is 16.7. The number of hydrogen-bond donors (Lipinski definition) is 3. The Morgan fingerprint density at radius 3 is 1.63 bits per heavy atom.